The van der Waals surface area contributed by atoms with E-state index in [1.54, 1.807) is 0 Å². The molecule has 1 aliphatic heterocycles. The molecule has 3 aliphatic rings. The van der Waals surface area contributed by atoms with E-state index in [4.69, 9.17) is 0 Å². The Balaban J connectivity index is 1.46. The van der Waals surface area contributed by atoms with Crippen LogP contribution < -0.4 is 5.32 Å². The minimum absolute atomic E-state index is 0.856. The van der Waals surface area contributed by atoms with Gasteiger partial charge in [-0.3, -0.25) is 4.90 Å². The third-order valence-electron chi connectivity index (χ3n) is 4.69. The minimum Gasteiger partial charge on any atom is -0.312 e. The van der Waals surface area contributed by atoms with Gasteiger partial charge >= 0.3 is 0 Å². The maximum absolute atomic E-state index is 3.72. The topological polar surface area (TPSA) is 15.3 Å². The molecule has 92 valence electrons. The minimum atomic E-state index is 0.856. The number of rotatable bonds is 5. The summed E-state index contributed by atoms with van der Waals surface area (Å²) >= 11 is 0. The van der Waals surface area contributed by atoms with E-state index in [2.05, 4.69) is 10.2 Å². The lowest BCUT2D eigenvalue weighted by Gasteiger charge is -2.40. The summed E-state index contributed by atoms with van der Waals surface area (Å²) in [5, 5.41) is 3.72. The van der Waals surface area contributed by atoms with Crippen molar-refractivity contribution in [2.75, 3.05) is 19.6 Å². The second-order valence-corrected chi connectivity index (χ2v) is 6.12. The van der Waals surface area contributed by atoms with E-state index in [1.165, 1.54) is 71.0 Å². The van der Waals surface area contributed by atoms with E-state index >= 15 is 0 Å². The molecule has 1 saturated heterocycles. The summed E-state index contributed by atoms with van der Waals surface area (Å²) in [4.78, 5) is 2.79. The standard InChI is InChI=1S/C14H26N2/c1-2-9-16(11-12-4-3-5-12)14(6-1)10-15-13-7-8-13/h12-15H,1-11H2. The first-order valence-electron chi connectivity index (χ1n) is 7.39. The Morgan fingerprint density at radius 3 is 2.50 bits per heavy atom. The molecule has 1 heterocycles. The molecule has 3 fully saturated rings. The molecule has 2 aliphatic carbocycles. The number of hydrogen-bond acceptors (Lipinski definition) is 2. The van der Waals surface area contributed by atoms with Crippen LogP contribution in [0.5, 0.6) is 0 Å². The Kier molecular flexibility index (Phi) is 3.49. The summed E-state index contributed by atoms with van der Waals surface area (Å²) in [6.45, 7) is 4.03. The van der Waals surface area contributed by atoms with Gasteiger partial charge in [-0.05, 0) is 51.0 Å². The quantitative estimate of drug-likeness (QED) is 0.768. The van der Waals surface area contributed by atoms with E-state index in [1.807, 2.05) is 0 Å². The SMILES string of the molecule is C1CC(CN2CCCCC2CNC2CC2)C1. The predicted octanol–water partition coefficient (Wildman–Crippen LogP) is 2.39. The van der Waals surface area contributed by atoms with Crippen molar-refractivity contribution in [1.29, 1.82) is 0 Å². The maximum Gasteiger partial charge on any atom is 0.0220 e. The van der Waals surface area contributed by atoms with E-state index in [0.717, 1.165) is 18.0 Å². The molecule has 3 rings (SSSR count). The summed E-state index contributed by atoms with van der Waals surface area (Å²) in [7, 11) is 0. The number of nitrogens with one attached hydrogen (secondary N) is 1. The highest BCUT2D eigenvalue weighted by atomic mass is 15.2. The van der Waals surface area contributed by atoms with Gasteiger partial charge in [-0.25, -0.2) is 0 Å². The van der Waals surface area contributed by atoms with Crippen LogP contribution in [0.2, 0.25) is 0 Å². The van der Waals surface area contributed by atoms with E-state index < -0.39 is 0 Å². The second kappa shape index (κ2) is 5.05. The highest BCUT2D eigenvalue weighted by Gasteiger charge is 2.29. The molecule has 1 unspecified atom stereocenters. The summed E-state index contributed by atoms with van der Waals surface area (Å²) in [5.41, 5.74) is 0. The molecule has 2 heteroatoms. The van der Waals surface area contributed by atoms with Crippen molar-refractivity contribution >= 4 is 0 Å². The summed E-state index contributed by atoms with van der Waals surface area (Å²) in [5.74, 6) is 1.04. The number of nitrogens with zero attached hydrogens (tertiary/aromatic N) is 1. The van der Waals surface area contributed by atoms with Crippen LogP contribution in [0.4, 0.5) is 0 Å². The van der Waals surface area contributed by atoms with Gasteiger partial charge in [0.1, 0.15) is 0 Å². The molecule has 1 atom stereocenters. The number of piperidine rings is 1. The Morgan fingerprint density at radius 2 is 1.81 bits per heavy atom. The lowest BCUT2D eigenvalue weighted by Crippen LogP contribution is -2.48. The highest BCUT2D eigenvalue weighted by molar-refractivity contribution is 4.87. The Labute approximate surface area is 99.8 Å². The third kappa shape index (κ3) is 2.78. The molecular formula is C14H26N2. The van der Waals surface area contributed by atoms with Gasteiger partial charge in [0.2, 0.25) is 0 Å². The molecule has 0 aromatic carbocycles. The lowest BCUT2D eigenvalue weighted by molar-refractivity contribution is 0.0994. The Hall–Kier alpha value is -0.0800. The molecule has 0 amide bonds. The Bertz CT molecular complexity index is 221. The molecule has 1 N–H and O–H groups in total. The Morgan fingerprint density at radius 1 is 0.938 bits per heavy atom. The van der Waals surface area contributed by atoms with E-state index in [9.17, 15) is 0 Å². The van der Waals surface area contributed by atoms with Gasteiger partial charge < -0.3 is 5.32 Å². The molecule has 0 bridgehead atoms. The van der Waals surface area contributed by atoms with Crippen molar-refractivity contribution in [2.24, 2.45) is 5.92 Å². The number of likely N-dealkylation sites (tertiary alicyclic amines) is 1. The average molecular weight is 222 g/mol. The molecule has 2 saturated carbocycles. The zero-order valence-electron chi connectivity index (χ0n) is 10.5. The van der Waals surface area contributed by atoms with E-state index in [-0.39, 0.29) is 0 Å². The molecule has 0 radical (unpaired) electrons. The fraction of sp³-hybridized carbons (Fsp3) is 1.00. The lowest BCUT2D eigenvalue weighted by atomic mass is 9.84. The molecular weight excluding hydrogens is 196 g/mol. The van der Waals surface area contributed by atoms with Gasteiger partial charge in [0.15, 0.2) is 0 Å². The average Bonchev–Trinajstić information content (AvgIpc) is 3.05. The second-order valence-electron chi connectivity index (χ2n) is 6.12. The van der Waals surface area contributed by atoms with Crippen molar-refractivity contribution in [3.05, 3.63) is 0 Å². The van der Waals surface area contributed by atoms with Crippen LogP contribution in [0.3, 0.4) is 0 Å². The zero-order chi connectivity index (χ0) is 10.8. The van der Waals surface area contributed by atoms with Crippen LogP contribution in [-0.2, 0) is 0 Å². The van der Waals surface area contributed by atoms with Crippen molar-refractivity contribution in [2.45, 2.75) is 63.5 Å². The molecule has 0 aromatic rings. The van der Waals surface area contributed by atoms with Crippen LogP contribution in [0.1, 0.15) is 51.4 Å². The number of hydrogen-bond donors (Lipinski definition) is 1. The zero-order valence-corrected chi connectivity index (χ0v) is 10.5. The summed E-state index contributed by atoms with van der Waals surface area (Å²) < 4.78 is 0. The molecule has 0 aromatic heterocycles. The van der Waals surface area contributed by atoms with Crippen molar-refractivity contribution in [1.82, 2.24) is 10.2 Å². The highest BCUT2D eigenvalue weighted by Crippen LogP contribution is 2.29. The fourth-order valence-corrected chi connectivity index (χ4v) is 3.13. The van der Waals surface area contributed by atoms with Gasteiger partial charge in [-0.15, -0.1) is 0 Å². The molecule has 0 spiro atoms. The molecule has 2 nitrogen and oxygen atoms in total. The predicted molar refractivity (Wildman–Crippen MR) is 67.6 cm³/mol. The van der Waals surface area contributed by atoms with Gasteiger partial charge in [0, 0.05) is 25.2 Å². The largest absolute Gasteiger partial charge is 0.312 e. The fourth-order valence-electron chi connectivity index (χ4n) is 3.13. The summed E-state index contributed by atoms with van der Waals surface area (Å²) in [6.07, 6.45) is 11.7. The maximum atomic E-state index is 3.72. The third-order valence-corrected chi connectivity index (χ3v) is 4.69. The van der Waals surface area contributed by atoms with Gasteiger partial charge in [0.25, 0.3) is 0 Å². The van der Waals surface area contributed by atoms with Crippen LogP contribution in [0.15, 0.2) is 0 Å². The van der Waals surface area contributed by atoms with Gasteiger partial charge in [0.05, 0.1) is 0 Å². The smallest absolute Gasteiger partial charge is 0.0220 e. The molecule has 16 heavy (non-hydrogen) atoms. The first-order chi connectivity index (χ1) is 7.92. The van der Waals surface area contributed by atoms with Crippen LogP contribution in [0.25, 0.3) is 0 Å². The van der Waals surface area contributed by atoms with Crippen molar-refractivity contribution < 1.29 is 0 Å². The normalized spacial score (nSPS) is 32.6. The van der Waals surface area contributed by atoms with Crippen molar-refractivity contribution in [3.63, 3.8) is 0 Å². The first-order valence-corrected chi connectivity index (χ1v) is 7.39. The van der Waals surface area contributed by atoms with Crippen LogP contribution >= 0.6 is 0 Å². The van der Waals surface area contributed by atoms with Gasteiger partial charge in [-0.2, -0.15) is 0 Å². The monoisotopic (exact) mass is 222 g/mol. The van der Waals surface area contributed by atoms with Crippen LogP contribution in [-0.4, -0.2) is 36.6 Å². The summed E-state index contributed by atoms with van der Waals surface area (Å²) in [6, 6.07) is 1.74. The van der Waals surface area contributed by atoms with Crippen molar-refractivity contribution in [3.8, 4) is 0 Å². The van der Waals surface area contributed by atoms with E-state index in [0.29, 0.717) is 0 Å². The van der Waals surface area contributed by atoms with Crippen LogP contribution in [0, 0.1) is 5.92 Å². The first kappa shape index (κ1) is 11.0. The van der Waals surface area contributed by atoms with Gasteiger partial charge in [-0.1, -0.05) is 12.8 Å².